The smallest absolute Gasteiger partial charge is 0.251 e. The third-order valence-electron chi connectivity index (χ3n) is 2.51. The summed E-state index contributed by atoms with van der Waals surface area (Å²) in [7, 11) is 0. The minimum Gasteiger partial charge on any atom is -0.409 e. The second-order valence-corrected chi connectivity index (χ2v) is 4.03. The highest BCUT2D eigenvalue weighted by atomic mass is 16.4. The van der Waals surface area contributed by atoms with Crippen LogP contribution in [0.1, 0.15) is 35.8 Å². The number of aromatic nitrogens is 1. The zero-order valence-corrected chi connectivity index (χ0v) is 10.6. The van der Waals surface area contributed by atoms with Crippen LogP contribution < -0.4 is 11.1 Å². The van der Waals surface area contributed by atoms with Gasteiger partial charge in [-0.15, -0.1) is 0 Å². The third-order valence-corrected chi connectivity index (χ3v) is 2.51. The molecule has 0 bridgehead atoms. The molecule has 0 aromatic carbocycles. The molecule has 0 saturated heterocycles. The van der Waals surface area contributed by atoms with E-state index < -0.39 is 6.04 Å². The number of carbonyl (C=O) groups excluding carboxylic acids is 1. The number of nitrogens with zero attached hydrogens (tertiary/aromatic N) is 2. The van der Waals surface area contributed by atoms with Gasteiger partial charge in [-0.25, -0.2) is 0 Å². The molecular weight excluding hydrogens is 232 g/mol. The fourth-order valence-electron chi connectivity index (χ4n) is 1.58. The number of aryl methyl sites for hydroxylation is 1. The van der Waals surface area contributed by atoms with Crippen molar-refractivity contribution in [2.45, 2.75) is 32.7 Å². The molecule has 18 heavy (non-hydrogen) atoms. The van der Waals surface area contributed by atoms with E-state index in [1.807, 2.05) is 13.8 Å². The molecule has 1 atom stereocenters. The molecule has 1 aromatic rings. The van der Waals surface area contributed by atoms with Gasteiger partial charge in [0.05, 0.1) is 6.04 Å². The molecule has 0 aliphatic rings. The second kappa shape index (κ2) is 6.58. The average molecular weight is 250 g/mol. The number of rotatable bonds is 5. The number of nitrogens with two attached hydrogens (primary N) is 1. The SMILES string of the molecule is CCCC(NC(=O)c1ccnc(C)c1)/C(N)=N/O. The molecule has 1 amide bonds. The maximum absolute atomic E-state index is 12.0. The Morgan fingerprint density at radius 3 is 2.94 bits per heavy atom. The Balaban J connectivity index is 2.78. The van der Waals surface area contributed by atoms with E-state index in [4.69, 9.17) is 10.9 Å². The highest BCUT2D eigenvalue weighted by Crippen LogP contribution is 2.03. The second-order valence-electron chi connectivity index (χ2n) is 4.03. The zero-order chi connectivity index (χ0) is 13.5. The number of amidine groups is 1. The van der Waals surface area contributed by atoms with Crippen LogP contribution in [-0.2, 0) is 0 Å². The van der Waals surface area contributed by atoms with Gasteiger partial charge >= 0.3 is 0 Å². The number of oxime groups is 1. The van der Waals surface area contributed by atoms with Crippen molar-refractivity contribution in [3.8, 4) is 0 Å². The number of amides is 1. The monoisotopic (exact) mass is 250 g/mol. The van der Waals surface area contributed by atoms with Crippen LogP contribution >= 0.6 is 0 Å². The van der Waals surface area contributed by atoms with Gasteiger partial charge in [-0.1, -0.05) is 18.5 Å². The van der Waals surface area contributed by atoms with Crippen LogP contribution in [0.2, 0.25) is 0 Å². The molecule has 0 radical (unpaired) electrons. The van der Waals surface area contributed by atoms with E-state index in [1.165, 1.54) is 0 Å². The minimum atomic E-state index is -0.457. The lowest BCUT2D eigenvalue weighted by molar-refractivity contribution is 0.0944. The largest absolute Gasteiger partial charge is 0.409 e. The van der Waals surface area contributed by atoms with Crippen molar-refractivity contribution >= 4 is 11.7 Å². The van der Waals surface area contributed by atoms with Crippen molar-refractivity contribution in [2.75, 3.05) is 0 Å². The van der Waals surface area contributed by atoms with E-state index in [0.717, 1.165) is 12.1 Å². The number of pyridine rings is 1. The summed E-state index contributed by atoms with van der Waals surface area (Å²) in [6, 6.07) is 2.85. The Bertz CT molecular complexity index is 445. The molecule has 6 nitrogen and oxygen atoms in total. The quantitative estimate of drug-likeness (QED) is 0.314. The predicted molar refractivity (Wildman–Crippen MR) is 68.5 cm³/mol. The van der Waals surface area contributed by atoms with Crippen LogP contribution in [0, 0.1) is 6.92 Å². The van der Waals surface area contributed by atoms with E-state index in [9.17, 15) is 4.79 Å². The first-order valence-corrected chi connectivity index (χ1v) is 5.79. The van der Waals surface area contributed by atoms with Gasteiger partial charge in [0.2, 0.25) is 0 Å². The summed E-state index contributed by atoms with van der Waals surface area (Å²) in [5, 5.41) is 14.3. The van der Waals surface area contributed by atoms with Gasteiger partial charge in [-0.2, -0.15) is 0 Å². The van der Waals surface area contributed by atoms with Crippen LogP contribution in [0.15, 0.2) is 23.5 Å². The molecule has 1 rings (SSSR count). The van der Waals surface area contributed by atoms with Crippen molar-refractivity contribution in [3.63, 3.8) is 0 Å². The van der Waals surface area contributed by atoms with Crippen LogP contribution in [-0.4, -0.2) is 28.0 Å². The van der Waals surface area contributed by atoms with Gasteiger partial charge in [0.15, 0.2) is 5.84 Å². The van der Waals surface area contributed by atoms with Gasteiger partial charge in [0, 0.05) is 17.5 Å². The van der Waals surface area contributed by atoms with Gasteiger partial charge in [0.1, 0.15) is 0 Å². The molecule has 98 valence electrons. The first-order valence-electron chi connectivity index (χ1n) is 5.79. The molecule has 1 heterocycles. The van der Waals surface area contributed by atoms with Crippen LogP contribution in [0.3, 0.4) is 0 Å². The van der Waals surface area contributed by atoms with E-state index in [0.29, 0.717) is 12.0 Å². The van der Waals surface area contributed by atoms with Gasteiger partial charge in [0.25, 0.3) is 5.91 Å². The normalized spacial score (nSPS) is 13.1. The molecule has 0 spiro atoms. The van der Waals surface area contributed by atoms with Crippen molar-refractivity contribution in [3.05, 3.63) is 29.6 Å². The summed E-state index contributed by atoms with van der Waals surface area (Å²) in [5.41, 5.74) is 6.80. The summed E-state index contributed by atoms with van der Waals surface area (Å²) in [4.78, 5) is 16.0. The van der Waals surface area contributed by atoms with Crippen molar-refractivity contribution < 1.29 is 10.0 Å². The van der Waals surface area contributed by atoms with Crippen LogP contribution in [0.5, 0.6) is 0 Å². The number of hydrogen-bond acceptors (Lipinski definition) is 4. The summed E-state index contributed by atoms with van der Waals surface area (Å²) in [6.45, 7) is 3.77. The van der Waals surface area contributed by atoms with Gasteiger partial charge in [-0.3, -0.25) is 9.78 Å². The number of nitrogens with one attached hydrogen (secondary N) is 1. The van der Waals surface area contributed by atoms with Gasteiger partial charge < -0.3 is 16.3 Å². The highest BCUT2D eigenvalue weighted by Gasteiger charge is 2.17. The Hall–Kier alpha value is -2.11. The maximum Gasteiger partial charge on any atom is 0.251 e. The summed E-state index contributed by atoms with van der Waals surface area (Å²) in [5.74, 6) is -0.249. The van der Waals surface area contributed by atoms with Crippen molar-refractivity contribution in [1.29, 1.82) is 0 Å². The molecule has 0 aliphatic heterocycles. The van der Waals surface area contributed by atoms with E-state index in [2.05, 4.69) is 15.5 Å². The number of hydrogen-bond donors (Lipinski definition) is 3. The zero-order valence-electron chi connectivity index (χ0n) is 10.6. The topological polar surface area (TPSA) is 101 Å². The molecule has 1 unspecified atom stereocenters. The Kier molecular flexibility index (Phi) is 5.10. The molecule has 1 aromatic heterocycles. The molecule has 6 heteroatoms. The summed E-state index contributed by atoms with van der Waals surface area (Å²) < 4.78 is 0. The number of carbonyl (C=O) groups is 1. The molecule has 0 fully saturated rings. The Morgan fingerprint density at radius 2 is 2.39 bits per heavy atom. The average Bonchev–Trinajstić information content (AvgIpc) is 2.37. The summed E-state index contributed by atoms with van der Waals surface area (Å²) in [6.07, 6.45) is 3.00. The fraction of sp³-hybridized carbons (Fsp3) is 0.417. The molecule has 0 saturated carbocycles. The fourth-order valence-corrected chi connectivity index (χ4v) is 1.58. The Labute approximate surface area is 106 Å². The first-order chi connectivity index (χ1) is 8.58. The molecule has 4 N–H and O–H groups in total. The first kappa shape index (κ1) is 14.0. The predicted octanol–water partition coefficient (Wildman–Crippen LogP) is 1.03. The third kappa shape index (κ3) is 3.73. The molecule has 0 aliphatic carbocycles. The lowest BCUT2D eigenvalue weighted by Crippen LogP contribution is -2.44. The lowest BCUT2D eigenvalue weighted by Gasteiger charge is -2.16. The highest BCUT2D eigenvalue weighted by molar-refractivity contribution is 5.98. The summed E-state index contributed by atoms with van der Waals surface area (Å²) >= 11 is 0. The molecular formula is C12H18N4O2. The van der Waals surface area contributed by atoms with Crippen molar-refractivity contribution in [2.24, 2.45) is 10.9 Å². The Morgan fingerprint density at radius 1 is 1.67 bits per heavy atom. The van der Waals surface area contributed by atoms with E-state index in [1.54, 1.807) is 18.3 Å². The lowest BCUT2D eigenvalue weighted by atomic mass is 10.1. The van der Waals surface area contributed by atoms with Crippen LogP contribution in [0.4, 0.5) is 0 Å². The van der Waals surface area contributed by atoms with E-state index in [-0.39, 0.29) is 11.7 Å². The standard InChI is InChI=1S/C12H18N4O2/c1-3-4-10(11(13)16-18)15-12(17)9-5-6-14-8(2)7-9/h5-7,10,18H,3-4H2,1-2H3,(H2,13,16)(H,15,17). The maximum atomic E-state index is 12.0. The van der Waals surface area contributed by atoms with Crippen molar-refractivity contribution in [1.82, 2.24) is 10.3 Å². The van der Waals surface area contributed by atoms with E-state index >= 15 is 0 Å². The minimum absolute atomic E-state index is 0.0102. The van der Waals surface area contributed by atoms with Gasteiger partial charge in [-0.05, 0) is 25.5 Å². The van der Waals surface area contributed by atoms with Crippen LogP contribution in [0.25, 0.3) is 0 Å².